The van der Waals surface area contributed by atoms with E-state index < -0.39 is 0 Å². The molecule has 0 saturated carbocycles. The highest BCUT2D eigenvalue weighted by molar-refractivity contribution is 5.75. The Kier molecular flexibility index (Phi) is 6.53. The topological polar surface area (TPSA) is 67.4 Å². The van der Waals surface area contributed by atoms with Gasteiger partial charge in [-0.15, -0.1) is 0 Å². The molecule has 0 aliphatic carbocycles. The van der Waals surface area contributed by atoms with Crippen molar-refractivity contribution in [3.05, 3.63) is 0 Å². The fourth-order valence-electron chi connectivity index (χ4n) is 0.824. The van der Waals surface area contributed by atoms with E-state index in [1.54, 1.807) is 6.92 Å². The molecule has 0 radical (unpaired) electrons. The second-order valence-corrected chi connectivity index (χ2v) is 3.11. The summed E-state index contributed by atoms with van der Waals surface area (Å²) in [5.74, 6) is -0.294. The highest BCUT2D eigenvalue weighted by Crippen LogP contribution is 1.84. The van der Waals surface area contributed by atoms with E-state index in [0.717, 1.165) is 0 Å². The van der Waals surface area contributed by atoms with E-state index in [9.17, 15) is 9.59 Å². The zero-order valence-electron chi connectivity index (χ0n) is 8.92. The van der Waals surface area contributed by atoms with Gasteiger partial charge in [0.25, 0.3) is 0 Å². The highest BCUT2D eigenvalue weighted by atomic mass is 16.5. The summed E-state index contributed by atoms with van der Waals surface area (Å²) >= 11 is 0. The first-order valence-electron chi connectivity index (χ1n) is 4.76. The molecular weight excluding hydrogens is 184 g/mol. The van der Waals surface area contributed by atoms with Crippen LogP contribution in [0.2, 0.25) is 0 Å². The van der Waals surface area contributed by atoms with Gasteiger partial charge in [0, 0.05) is 12.6 Å². The molecule has 0 bridgehead atoms. The predicted octanol–water partition coefficient (Wildman–Crippen LogP) is 0.647. The van der Waals surface area contributed by atoms with Crippen LogP contribution in [0.15, 0.2) is 0 Å². The van der Waals surface area contributed by atoms with Gasteiger partial charge in [0.05, 0.1) is 13.0 Å². The number of rotatable bonds is 5. The predicted molar refractivity (Wildman–Crippen MR) is 52.9 cm³/mol. The van der Waals surface area contributed by atoms with Crippen molar-refractivity contribution in [3.63, 3.8) is 0 Å². The maximum Gasteiger partial charge on any atom is 0.315 e. The van der Waals surface area contributed by atoms with Crippen molar-refractivity contribution in [1.29, 1.82) is 0 Å². The molecule has 0 aliphatic heterocycles. The summed E-state index contributed by atoms with van der Waals surface area (Å²) < 4.78 is 4.69. The summed E-state index contributed by atoms with van der Waals surface area (Å²) in [5.41, 5.74) is 0. The van der Waals surface area contributed by atoms with Gasteiger partial charge >= 0.3 is 12.0 Å². The lowest BCUT2D eigenvalue weighted by atomic mass is 10.4. The third kappa shape index (κ3) is 7.39. The number of ether oxygens (including phenoxy) is 1. The lowest BCUT2D eigenvalue weighted by Gasteiger charge is -2.09. The molecule has 0 aliphatic rings. The Balaban J connectivity index is 3.44. The Labute approximate surface area is 84.2 Å². The molecule has 0 saturated heterocycles. The highest BCUT2D eigenvalue weighted by Gasteiger charge is 2.04. The van der Waals surface area contributed by atoms with Crippen molar-refractivity contribution in [2.45, 2.75) is 33.2 Å². The molecule has 2 amide bonds. The quantitative estimate of drug-likeness (QED) is 0.643. The fourth-order valence-corrected chi connectivity index (χ4v) is 0.824. The van der Waals surface area contributed by atoms with Crippen LogP contribution in [-0.2, 0) is 9.53 Å². The van der Waals surface area contributed by atoms with Crippen LogP contribution in [0.1, 0.15) is 27.2 Å². The van der Waals surface area contributed by atoms with E-state index in [-0.39, 0.29) is 24.5 Å². The van der Waals surface area contributed by atoms with E-state index in [0.29, 0.717) is 13.2 Å². The summed E-state index contributed by atoms with van der Waals surface area (Å²) in [6, 6.07) is -0.165. The number of carbonyl (C=O) groups is 2. The third-order valence-electron chi connectivity index (χ3n) is 1.34. The summed E-state index contributed by atoms with van der Waals surface area (Å²) in [6.07, 6.45) is 0.208. The van der Waals surface area contributed by atoms with E-state index in [2.05, 4.69) is 10.6 Å². The standard InChI is InChI=1S/C9H18N2O3/c1-4-14-8(12)5-6-10-9(13)11-7(2)3/h7H,4-6H2,1-3H3,(H2,10,11,13). The molecule has 0 heterocycles. The summed E-state index contributed by atoms with van der Waals surface area (Å²) in [7, 11) is 0. The van der Waals surface area contributed by atoms with Crippen LogP contribution in [-0.4, -0.2) is 31.2 Å². The van der Waals surface area contributed by atoms with Gasteiger partial charge < -0.3 is 15.4 Å². The van der Waals surface area contributed by atoms with Gasteiger partial charge in [-0.1, -0.05) is 0 Å². The number of esters is 1. The van der Waals surface area contributed by atoms with Gasteiger partial charge in [-0.3, -0.25) is 4.79 Å². The minimum atomic E-state index is -0.294. The summed E-state index contributed by atoms with van der Waals surface area (Å²) in [4.78, 5) is 21.9. The Morgan fingerprint density at radius 1 is 1.36 bits per heavy atom. The van der Waals surface area contributed by atoms with E-state index in [1.807, 2.05) is 13.8 Å². The Bertz CT molecular complexity index is 192. The molecule has 5 heteroatoms. The number of urea groups is 1. The molecule has 0 aromatic carbocycles. The average molecular weight is 202 g/mol. The summed E-state index contributed by atoms with van der Waals surface area (Å²) in [6.45, 7) is 6.15. The van der Waals surface area contributed by atoms with Crippen molar-refractivity contribution in [2.75, 3.05) is 13.2 Å². The first-order chi connectivity index (χ1) is 6.56. The van der Waals surface area contributed by atoms with E-state index in [4.69, 9.17) is 4.74 Å². The van der Waals surface area contributed by atoms with Crippen LogP contribution in [0, 0.1) is 0 Å². The van der Waals surface area contributed by atoms with Crippen molar-refractivity contribution in [3.8, 4) is 0 Å². The van der Waals surface area contributed by atoms with Gasteiger partial charge in [0.2, 0.25) is 0 Å². The molecule has 5 nitrogen and oxygen atoms in total. The van der Waals surface area contributed by atoms with Crippen LogP contribution in [0.5, 0.6) is 0 Å². The number of carbonyl (C=O) groups excluding carboxylic acids is 2. The molecule has 82 valence electrons. The van der Waals surface area contributed by atoms with E-state index >= 15 is 0 Å². The Hall–Kier alpha value is -1.26. The number of nitrogens with one attached hydrogen (secondary N) is 2. The number of amides is 2. The van der Waals surface area contributed by atoms with Crippen LogP contribution >= 0.6 is 0 Å². The molecule has 0 unspecified atom stereocenters. The van der Waals surface area contributed by atoms with Gasteiger partial charge in [0.15, 0.2) is 0 Å². The number of hydrogen-bond acceptors (Lipinski definition) is 3. The van der Waals surface area contributed by atoms with Gasteiger partial charge in [-0.05, 0) is 20.8 Å². The van der Waals surface area contributed by atoms with Crippen molar-refractivity contribution >= 4 is 12.0 Å². The normalized spacial score (nSPS) is 9.71. The maximum absolute atomic E-state index is 11.0. The zero-order valence-corrected chi connectivity index (χ0v) is 8.92. The molecule has 0 spiro atoms. The number of hydrogen-bond donors (Lipinski definition) is 2. The van der Waals surface area contributed by atoms with Crippen LogP contribution in [0.4, 0.5) is 4.79 Å². The molecular formula is C9H18N2O3. The van der Waals surface area contributed by atoms with Crippen molar-refractivity contribution in [1.82, 2.24) is 10.6 Å². The monoisotopic (exact) mass is 202 g/mol. The molecule has 14 heavy (non-hydrogen) atoms. The lowest BCUT2D eigenvalue weighted by molar-refractivity contribution is -0.142. The van der Waals surface area contributed by atoms with Crippen LogP contribution in [0.25, 0.3) is 0 Å². The summed E-state index contributed by atoms with van der Waals surface area (Å²) in [5, 5.41) is 5.20. The van der Waals surface area contributed by atoms with Gasteiger partial charge in [-0.2, -0.15) is 0 Å². The molecule has 0 atom stereocenters. The van der Waals surface area contributed by atoms with Gasteiger partial charge in [-0.25, -0.2) is 4.79 Å². The lowest BCUT2D eigenvalue weighted by Crippen LogP contribution is -2.40. The van der Waals surface area contributed by atoms with Crippen LogP contribution < -0.4 is 10.6 Å². The first kappa shape index (κ1) is 12.7. The molecule has 0 aromatic heterocycles. The second-order valence-electron chi connectivity index (χ2n) is 3.11. The fraction of sp³-hybridized carbons (Fsp3) is 0.778. The first-order valence-corrected chi connectivity index (χ1v) is 4.76. The van der Waals surface area contributed by atoms with Crippen molar-refractivity contribution < 1.29 is 14.3 Å². The minimum Gasteiger partial charge on any atom is -0.466 e. The largest absolute Gasteiger partial charge is 0.466 e. The smallest absolute Gasteiger partial charge is 0.315 e. The average Bonchev–Trinajstić information content (AvgIpc) is 2.02. The molecule has 0 aromatic rings. The Morgan fingerprint density at radius 3 is 2.50 bits per heavy atom. The Morgan fingerprint density at radius 2 is 2.00 bits per heavy atom. The van der Waals surface area contributed by atoms with Gasteiger partial charge in [0.1, 0.15) is 0 Å². The molecule has 0 fully saturated rings. The SMILES string of the molecule is CCOC(=O)CCNC(=O)NC(C)C. The maximum atomic E-state index is 11.0. The van der Waals surface area contributed by atoms with Crippen LogP contribution in [0.3, 0.4) is 0 Å². The zero-order chi connectivity index (χ0) is 11.0. The van der Waals surface area contributed by atoms with Crippen molar-refractivity contribution in [2.24, 2.45) is 0 Å². The molecule has 2 N–H and O–H groups in total. The molecule has 0 rings (SSSR count). The van der Waals surface area contributed by atoms with E-state index in [1.165, 1.54) is 0 Å². The third-order valence-corrected chi connectivity index (χ3v) is 1.34. The minimum absolute atomic E-state index is 0.0950. The second kappa shape index (κ2) is 7.17.